The third-order valence-corrected chi connectivity index (χ3v) is 4.73. The average molecular weight is 333 g/mol. The highest BCUT2D eigenvalue weighted by Crippen LogP contribution is 2.36. The molecular weight excluding hydrogens is 306 g/mol. The Morgan fingerprint density at radius 1 is 1.54 bits per heavy atom. The Morgan fingerprint density at radius 3 is 3.17 bits per heavy atom. The first-order valence-corrected chi connectivity index (χ1v) is 8.63. The van der Waals surface area contributed by atoms with E-state index >= 15 is 0 Å². The highest BCUT2D eigenvalue weighted by Gasteiger charge is 2.44. The summed E-state index contributed by atoms with van der Waals surface area (Å²) in [4.78, 5) is 20.3. The van der Waals surface area contributed by atoms with E-state index in [1.54, 1.807) is 6.20 Å². The summed E-state index contributed by atoms with van der Waals surface area (Å²) in [5, 5.41) is 0. The van der Waals surface area contributed by atoms with Gasteiger partial charge in [0.1, 0.15) is 0 Å². The van der Waals surface area contributed by atoms with Crippen molar-refractivity contribution in [3.63, 3.8) is 0 Å². The SMILES string of the molecule is CN(C)CC(=O)N1CCC[C@]2(C[C@@H](OCc3cccnc3)CO2)C1. The predicted octanol–water partition coefficient (Wildman–Crippen LogP) is 1.31. The first kappa shape index (κ1) is 17.3. The summed E-state index contributed by atoms with van der Waals surface area (Å²) >= 11 is 0. The van der Waals surface area contributed by atoms with Gasteiger partial charge in [0, 0.05) is 31.9 Å². The number of piperidine rings is 1. The molecule has 0 unspecified atom stereocenters. The number of likely N-dealkylation sites (tertiary alicyclic amines) is 1. The second-order valence-corrected chi connectivity index (χ2v) is 7.15. The van der Waals surface area contributed by atoms with Crippen LogP contribution >= 0.6 is 0 Å². The van der Waals surface area contributed by atoms with Gasteiger partial charge in [0.25, 0.3) is 0 Å². The van der Waals surface area contributed by atoms with Crippen molar-refractivity contribution in [1.29, 1.82) is 0 Å². The molecular formula is C18H27N3O3. The van der Waals surface area contributed by atoms with Crippen LogP contribution in [0.4, 0.5) is 0 Å². The zero-order valence-electron chi connectivity index (χ0n) is 14.6. The lowest BCUT2D eigenvalue weighted by Crippen LogP contribution is -2.52. The molecule has 132 valence electrons. The molecule has 2 atom stereocenters. The number of aromatic nitrogens is 1. The van der Waals surface area contributed by atoms with E-state index in [1.165, 1.54) is 0 Å². The fraction of sp³-hybridized carbons (Fsp3) is 0.667. The minimum atomic E-state index is -0.222. The largest absolute Gasteiger partial charge is 0.371 e. The van der Waals surface area contributed by atoms with Gasteiger partial charge in [-0.2, -0.15) is 0 Å². The molecule has 2 fully saturated rings. The Bertz CT molecular complexity index is 552. The molecule has 0 radical (unpaired) electrons. The van der Waals surface area contributed by atoms with E-state index in [0.717, 1.165) is 31.4 Å². The van der Waals surface area contributed by atoms with Gasteiger partial charge in [-0.15, -0.1) is 0 Å². The van der Waals surface area contributed by atoms with Crippen molar-refractivity contribution < 1.29 is 14.3 Å². The Balaban J connectivity index is 1.52. The molecule has 0 aromatic carbocycles. The van der Waals surface area contributed by atoms with Crippen LogP contribution < -0.4 is 0 Å². The van der Waals surface area contributed by atoms with Crippen LogP contribution in [0.1, 0.15) is 24.8 Å². The van der Waals surface area contributed by atoms with Gasteiger partial charge in [-0.25, -0.2) is 0 Å². The molecule has 2 aliphatic heterocycles. The number of carbonyl (C=O) groups is 1. The van der Waals surface area contributed by atoms with E-state index < -0.39 is 0 Å². The Kier molecular flexibility index (Phi) is 5.48. The van der Waals surface area contributed by atoms with Crippen molar-refractivity contribution in [3.05, 3.63) is 30.1 Å². The van der Waals surface area contributed by atoms with Gasteiger partial charge in [-0.3, -0.25) is 9.78 Å². The first-order chi connectivity index (χ1) is 11.6. The number of ether oxygens (including phenoxy) is 2. The first-order valence-electron chi connectivity index (χ1n) is 8.63. The zero-order valence-corrected chi connectivity index (χ0v) is 14.6. The van der Waals surface area contributed by atoms with Crippen molar-refractivity contribution in [3.8, 4) is 0 Å². The van der Waals surface area contributed by atoms with Crippen molar-refractivity contribution in [2.75, 3.05) is 40.3 Å². The minimum absolute atomic E-state index is 0.0918. The van der Waals surface area contributed by atoms with E-state index in [4.69, 9.17) is 9.47 Å². The summed E-state index contributed by atoms with van der Waals surface area (Å²) in [6, 6.07) is 3.93. The maximum absolute atomic E-state index is 12.3. The topological polar surface area (TPSA) is 54.9 Å². The zero-order chi connectivity index (χ0) is 17.0. The molecule has 1 spiro atoms. The normalized spacial score (nSPS) is 27.1. The second-order valence-electron chi connectivity index (χ2n) is 7.15. The van der Waals surface area contributed by atoms with Crippen LogP contribution in [-0.2, 0) is 20.9 Å². The number of pyridine rings is 1. The van der Waals surface area contributed by atoms with E-state index in [0.29, 0.717) is 26.3 Å². The highest BCUT2D eigenvalue weighted by atomic mass is 16.6. The molecule has 6 nitrogen and oxygen atoms in total. The van der Waals surface area contributed by atoms with E-state index in [9.17, 15) is 4.79 Å². The summed E-state index contributed by atoms with van der Waals surface area (Å²) in [6.45, 7) is 3.14. The third-order valence-electron chi connectivity index (χ3n) is 4.73. The summed E-state index contributed by atoms with van der Waals surface area (Å²) in [7, 11) is 3.85. The summed E-state index contributed by atoms with van der Waals surface area (Å²) in [6.07, 6.45) is 6.54. The van der Waals surface area contributed by atoms with Gasteiger partial charge in [0.15, 0.2) is 0 Å². The molecule has 2 saturated heterocycles. The van der Waals surface area contributed by atoms with Gasteiger partial charge in [0.2, 0.25) is 5.91 Å². The molecule has 0 saturated carbocycles. The lowest BCUT2D eigenvalue weighted by molar-refractivity contribution is -0.139. The number of nitrogens with zero attached hydrogens (tertiary/aromatic N) is 3. The maximum Gasteiger partial charge on any atom is 0.236 e. The van der Waals surface area contributed by atoms with Gasteiger partial charge >= 0.3 is 0 Å². The molecule has 24 heavy (non-hydrogen) atoms. The molecule has 3 rings (SSSR count). The number of likely N-dealkylation sites (N-methyl/N-ethyl adjacent to an activating group) is 1. The quantitative estimate of drug-likeness (QED) is 0.813. The predicted molar refractivity (Wildman–Crippen MR) is 90.5 cm³/mol. The minimum Gasteiger partial charge on any atom is -0.371 e. The molecule has 3 heterocycles. The van der Waals surface area contributed by atoms with E-state index in [1.807, 2.05) is 42.2 Å². The molecule has 1 aromatic heterocycles. The summed E-state index contributed by atoms with van der Waals surface area (Å²) < 4.78 is 12.1. The Labute approximate surface area is 143 Å². The van der Waals surface area contributed by atoms with Crippen LogP contribution in [0.25, 0.3) is 0 Å². The van der Waals surface area contributed by atoms with E-state index in [2.05, 4.69) is 4.98 Å². The van der Waals surface area contributed by atoms with Crippen LogP contribution in [0.5, 0.6) is 0 Å². The number of carbonyl (C=O) groups excluding carboxylic acids is 1. The summed E-state index contributed by atoms with van der Waals surface area (Å²) in [5.41, 5.74) is 0.852. The second kappa shape index (κ2) is 7.59. The van der Waals surface area contributed by atoms with Crippen LogP contribution in [0.15, 0.2) is 24.5 Å². The smallest absolute Gasteiger partial charge is 0.236 e. The fourth-order valence-electron chi connectivity index (χ4n) is 3.57. The van der Waals surface area contributed by atoms with Crippen LogP contribution in [0.2, 0.25) is 0 Å². The lowest BCUT2D eigenvalue weighted by Gasteiger charge is -2.40. The molecule has 6 heteroatoms. The molecule has 2 aliphatic rings. The van der Waals surface area contributed by atoms with Crippen molar-refractivity contribution in [2.45, 2.75) is 37.6 Å². The van der Waals surface area contributed by atoms with Crippen LogP contribution in [0.3, 0.4) is 0 Å². The van der Waals surface area contributed by atoms with Crippen molar-refractivity contribution in [1.82, 2.24) is 14.8 Å². The maximum atomic E-state index is 12.3. The Hall–Kier alpha value is -1.50. The standard InChI is InChI=1S/C18H27N3O3/c1-20(2)11-17(22)21-8-4-6-18(14-21)9-16(13-24-18)23-12-15-5-3-7-19-10-15/h3,5,7,10,16H,4,6,8-9,11-14H2,1-2H3/t16-,18+/m1/s1. The summed E-state index contributed by atoms with van der Waals surface area (Å²) in [5.74, 6) is 0.183. The fourth-order valence-corrected chi connectivity index (χ4v) is 3.57. The monoisotopic (exact) mass is 333 g/mol. The molecule has 1 aromatic rings. The average Bonchev–Trinajstić information content (AvgIpc) is 2.96. The molecule has 0 N–H and O–H groups in total. The van der Waals surface area contributed by atoms with Crippen LogP contribution in [-0.4, -0.2) is 72.7 Å². The number of amides is 1. The molecule has 0 bridgehead atoms. The highest BCUT2D eigenvalue weighted by molar-refractivity contribution is 5.78. The molecule has 1 amide bonds. The number of hydrogen-bond donors (Lipinski definition) is 0. The van der Waals surface area contributed by atoms with Gasteiger partial charge in [0.05, 0.1) is 31.5 Å². The van der Waals surface area contributed by atoms with Gasteiger partial charge in [-0.1, -0.05) is 6.07 Å². The number of rotatable bonds is 5. The van der Waals surface area contributed by atoms with Crippen molar-refractivity contribution >= 4 is 5.91 Å². The molecule has 0 aliphatic carbocycles. The van der Waals surface area contributed by atoms with Gasteiger partial charge < -0.3 is 19.3 Å². The van der Waals surface area contributed by atoms with Crippen molar-refractivity contribution in [2.24, 2.45) is 0 Å². The van der Waals surface area contributed by atoms with Gasteiger partial charge in [-0.05, 0) is 38.6 Å². The Morgan fingerprint density at radius 2 is 2.42 bits per heavy atom. The van der Waals surface area contributed by atoms with Crippen LogP contribution in [0, 0.1) is 0 Å². The number of hydrogen-bond acceptors (Lipinski definition) is 5. The lowest BCUT2D eigenvalue weighted by atomic mass is 9.89. The van der Waals surface area contributed by atoms with E-state index in [-0.39, 0.29) is 17.6 Å². The third kappa shape index (κ3) is 4.32.